The second-order valence-corrected chi connectivity index (χ2v) is 5.72. The molecule has 2 aromatic carbocycles. The highest BCUT2D eigenvalue weighted by Crippen LogP contribution is 2.28. The molecule has 122 valence electrons. The molecule has 2 heterocycles. The smallest absolute Gasteiger partial charge is 0.275 e. The standard InChI is InChI=1S/C20H15N3O2/c1-13-11-22-17(12-21-13)20(24)23-16-8-6-14(7-9-16)19-10-15-4-2-3-5-18(15)25-19/h2-12H,1H3,(H,23,24). The zero-order valence-corrected chi connectivity index (χ0v) is 13.6. The van der Waals surface area contributed by atoms with Gasteiger partial charge in [0, 0.05) is 22.8 Å². The van der Waals surface area contributed by atoms with Gasteiger partial charge in [0.25, 0.3) is 5.91 Å². The number of furan rings is 1. The van der Waals surface area contributed by atoms with Crippen LogP contribution in [0.25, 0.3) is 22.3 Å². The Morgan fingerprint density at radius 1 is 1.00 bits per heavy atom. The third-order valence-corrected chi connectivity index (χ3v) is 3.87. The topological polar surface area (TPSA) is 68.0 Å². The maximum absolute atomic E-state index is 12.2. The Bertz CT molecular complexity index is 1000. The van der Waals surface area contributed by atoms with Crippen molar-refractivity contribution in [3.05, 3.63) is 78.4 Å². The Labute approximate surface area is 144 Å². The molecule has 0 aliphatic rings. The largest absolute Gasteiger partial charge is 0.456 e. The van der Waals surface area contributed by atoms with Gasteiger partial charge in [-0.05, 0) is 43.3 Å². The van der Waals surface area contributed by atoms with Crippen molar-refractivity contribution in [2.75, 3.05) is 5.32 Å². The molecular formula is C20H15N3O2. The van der Waals surface area contributed by atoms with Gasteiger partial charge in [-0.25, -0.2) is 4.98 Å². The average Bonchev–Trinajstić information content (AvgIpc) is 3.07. The van der Waals surface area contributed by atoms with E-state index in [9.17, 15) is 4.79 Å². The van der Waals surface area contributed by atoms with Crippen molar-refractivity contribution in [3.8, 4) is 11.3 Å². The summed E-state index contributed by atoms with van der Waals surface area (Å²) in [5, 5.41) is 3.87. The first-order valence-corrected chi connectivity index (χ1v) is 7.88. The van der Waals surface area contributed by atoms with Crippen LogP contribution in [0.4, 0.5) is 5.69 Å². The van der Waals surface area contributed by atoms with Crippen molar-refractivity contribution in [2.45, 2.75) is 6.92 Å². The molecule has 0 saturated carbocycles. The number of nitrogens with one attached hydrogen (secondary N) is 1. The van der Waals surface area contributed by atoms with Crippen LogP contribution in [-0.2, 0) is 0 Å². The average molecular weight is 329 g/mol. The van der Waals surface area contributed by atoms with E-state index in [1.165, 1.54) is 6.20 Å². The van der Waals surface area contributed by atoms with E-state index in [1.54, 1.807) is 6.20 Å². The van der Waals surface area contributed by atoms with Crippen LogP contribution in [-0.4, -0.2) is 15.9 Å². The van der Waals surface area contributed by atoms with Gasteiger partial charge in [0.15, 0.2) is 0 Å². The first-order valence-electron chi connectivity index (χ1n) is 7.88. The van der Waals surface area contributed by atoms with E-state index in [1.807, 2.05) is 61.5 Å². The summed E-state index contributed by atoms with van der Waals surface area (Å²) in [6.45, 7) is 1.82. The zero-order valence-electron chi connectivity index (χ0n) is 13.6. The second kappa shape index (κ2) is 6.20. The van der Waals surface area contributed by atoms with Gasteiger partial charge in [-0.2, -0.15) is 0 Å². The van der Waals surface area contributed by atoms with Crippen LogP contribution in [0.3, 0.4) is 0 Å². The zero-order chi connectivity index (χ0) is 17.2. The van der Waals surface area contributed by atoms with E-state index in [4.69, 9.17) is 4.42 Å². The number of hydrogen-bond acceptors (Lipinski definition) is 4. The van der Waals surface area contributed by atoms with E-state index in [2.05, 4.69) is 15.3 Å². The highest BCUT2D eigenvalue weighted by molar-refractivity contribution is 6.02. The van der Waals surface area contributed by atoms with Gasteiger partial charge in [-0.15, -0.1) is 0 Å². The fourth-order valence-corrected chi connectivity index (χ4v) is 2.55. The number of para-hydroxylation sites is 1. The summed E-state index contributed by atoms with van der Waals surface area (Å²) in [6, 6.07) is 17.4. The Morgan fingerprint density at radius 3 is 2.52 bits per heavy atom. The number of fused-ring (bicyclic) bond motifs is 1. The predicted octanol–water partition coefficient (Wildman–Crippen LogP) is 4.45. The molecule has 0 saturated heterocycles. The summed E-state index contributed by atoms with van der Waals surface area (Å²) < 4.78 is 5.85. The lowest BCUT2D eigenvalue weighted by molar-refractivity contribution is 0.102. The Morgan fingerprint density at radius 2 is 1.80 bits per heavy atom. The molecule has 0 aliphatic heterocycles. The highest BCUT2D eigenvalue weighted by atomic mass is 16.3. The molecular weight excluding hydrogens is 314 g/mol. The minimum absolute atomic E-state index is 0.284. The fraction of sp³-hybridized carbons (Fsp3) is 0.0500. The summed E-state index contributed by atoms with van der Waals surface area (Å²) in [5.41, 5.74) is 3.54. The number of carbonyl (C=O) groups is 1. The van der Waals surface area contributed by atoms with Crippen molar-refractivity contribution in [1.82, 2.24) is 9.97 Å². The molecule has 0 unspecified atom stereocenters. The van der Waals surface area contributed by atoms with Crippen molar-refractivity contribution >= 4 is 22.6 Å². The molecule has 0 fully saturated rings. The number of amides is 1. The lowest BCUT2D eigenvalue weighted by Crippen LogP contribution is -2.14. The highest BCUT2D eigenvalue weighted by Gasteiger charge is 2.09. The molecule has 0 spiro atoms. The number of carbonyl (C=O) groups excluding carboxylic acids is 1. The molecule has 1 amide bonds. The van der Waals surface area contributed by atoms with Crippen LogP contribution in [0.2, 0.25) is 0 Å². The van der Waals surface area contributed by atoms with Gasteiger partial charge in [0.1, 0.15) is 17.0 Å². The first-order chi connectivity index (χ1) is 12.2. The van der Waals surface area contributed by atoms with E-state index in [0.717, 1.165) is 28.0 Å². The lowest BCUT2D eigenvalue weighted by Gasteiger charge is -2.05. The molecule has 5 nitrogen and oxygen atoms in total. The quantitative estimate of drug-likeness (QED) is 0.603. The fourth-order valence-electron chi connectivity index (χ4n) is 2.55. The maximum Gasteiger partial charge on any atom is 0.275 e. The van der Waals surface area contributed by atoms with E-state index < -0.39 is 0 Å². The SMILES string of the molecule is Cc1cnc(C(=O)Nc2ccc(-c3cc4ccccc4o3)cc2)cn1. The molecule has 0 atom stereocenters. The second-order valence-electron chi connectivity index (χ2n) is 5.72. The number of aryl methyl sites for hydroxylation is 1. The Hall–Kier alpha value is -3.47. The van der Waals surface area contributed by atoms with E-state index >= 15 is 0 Å². The molecule has 5 heteroatoms. The van der Waals surface area contributed by atoms with Crippen molar-refractivity contribution in [3.63, 3.8) is 0 Å². The monoisotopic (exact) mass is 329 g/mol. The van der Waals surface area contributed by atoms with Crippen molar-refractivity contribution < 1.29 is 9.21 Å². The molecule has 0 radical (unpaired) electrons. The van der Waals surface area contributed by atoms with Gasteiger partial charge in [0.2, 0.25) is 0 Å². The molecule has 0 bridgehead atoms. The van der Waals surface area contributed by atoms with Crippen LogP contribution in [0.1, 0.15) is 16.2 Å². The molecule has 4 rings (SSSR count). The van der Waals surface area contributed by atoms with Crippen LogP contribution >= 0.6 is 0 Å². The van der Waals surface area contributed by atoms with Gasteiger partial charge in [0.05, 0.1) is 11.9 Å². The number of aromatic nitrogens is 2. The number of benzene rings is 2. The van der Waals surface area contributed by atoms with E-state index in [0.29, 0.717) is 5.69 Å². The number of rotatable bonds is 3. The van der Waals surface area contributed by atoms with Gasteiger partial charge < -0.3 is 9.73 Å². The predicted molar refractivity (Wildman–Crippen MR) is 96.4 cm³/mol. The summed E-state index contributed by atoms with van der Waals surface area (Å²) in [4.78, 5) is 20.3. The van der Waals surface area contributed by atoms with Crippen LogP contribution in [0.5, 0.6) is 0 Å². The summed E-state index contributed by atoms with van der Waals surface area (Å²) in [5.74, 6) is 0.507. The van der Waals surface area contributed by atoms with Gasteiger partial charge >= 0.3 is 0 Å². The number of hydrogen-bond donors (Lipinski definition) is 1. The van der Waals surface area contributed by atoms with Gasteiger partial charge in [-0.3, -0.25) is 9.78 Å². The summed E-state index contributed by atoms with van der Waals surface area (Å²) >= 11 is 0. The third kappa shape index (κ3) is 3.12. The minimum Gasteiger partial charge on any atom is -0.456 e. The molecule has 2 aromatic heterocycles. The summed E-state index contributed by atoms with van der Waals surface area (Å²) in [6.07, 6.45) is 3.03. The van der Waals surface area contributed by atoms with Crippen LogP contribution in [0.15, 0.2) is 71.4 Å². The lowest BCUT2D eigenvalue weighted by atomic mass is 10.1. The Kier molecular flexibility index (Phi) is 3.74. The Balaban J connectivity index is 1.53. The van der Waals surface area contributed by atoms with Crippen molar-refractivity contribution in [2.24, 2.45) is 0 Å². The van der Waals surface area contributed by atoms with Crippen molar-refractivity contribution in [1.29, 1.82) is 0 Å². The third-order valence-electron chi connectivity index (χ3n) is 3.87. The summed E-state index contributed by atoms with van der Waals surface area (Å²) in [7, 11) is 0. The normalized spacial score (nSPS) is 10.8. The minimum atomic E-state index is -0.288. The van der Waals surface area contributed by atoms with E-state index in [-0.39, 0.29) is 11.6 Å². The number of nitrogens with zero attached hydrogens (tertiary/aromatic N) is 2. The molecule has 1 N–H and O–H groups in total. The number of anilines is 1. The maximum atomic E-state index is 12.2. The molecule has 25 heavy (non-hydrogen) atoms. The van der Waals surface area contributed by atoms with Crippen LogP contribution < -0.4 is 5.32 Å². The molecule has 4 aromatic rings. The first kappa shape index (κ1) is 15.1. The van der Waals surface area contributed by atoms with Gasteiger partial charge in [-0.1, -0.05) is 18.2 Å². The van der Waals surface area contributed by atoms with Crippen LogP contribution in [0, 0.1) is 6.92 Å². The molecule has 0 aliphatic carbocycles.